The van der Waals surface area contributed by atoms with Gasteiger partial charge in [-0.2, -0.15) is 0 Å². The molecule has 0 atom stereocenters. The van der Waals surface area contributed by atoms with E-state index in [0.717, 1.165) is 62.1 Å². The highest BCUT2D eigenvalue weighted by Crippen LogP contribution is 2.16. The molecule has 29 heavy (non-hydrogen) atoms. The number of hydrogen-bond donors (Lipinski definition) is 2. The Bertz CT molecular complexity index is 757. The molecule has 1 saturated heterocycles. The number of nitrogens with zero attached hydrogens (tertiary/aromatic N) is 3. The van der Waals surface area contributed by atoms with Gasteiger partial charge in [0, 0.05) is 42.6 Å². The summed E-state index contributed by atoms with van der Waals surface area (Å²) in [5.41, 5.74) is 2.37. The van der Waals surface area contributed by atoms with E-state index in [0.29, 0.717) is 12.6 Å². The number of hydrogen-bond acceptors (Lipinski definition) is 4. The van der Waals surface area contributed by atoms with Crippen molar-refractivity contribution in [3.05, 3.63) is 50.9 Å². The van der Waals surface area contributed by atoms with Gasteiger partial charge < -0.3 is 10.6 Å². The molecule has 0 radical (unpaired) electrons. The number of aromatic nitrogens is 1. The van der Waals surface area contributed by atoms with Crippen LogP contribution in [0.1, 0.15) is 43.0 Å². The van der Waals surface area contributed by atoms with Crippen molar-refractivity contribution in [3.63, 3.8) is 0 Å². The molecular weight excluding hydrogens is 517 g/mol. The maximum Gasteiger partial charge on any atom is 0.191 e. The Balaban J connectivity index is 0.00000300. The first-order chi connectivity index (χ1) is 13.7. The third-order valence-corrected chi connectivity index (χ3v) is 6.19. The third kappa shape index (κ3) is 8.03. The Morgan fingerprint density at radius 3 is 2.59 bits per heavy atom. The van der Waals surface area contributed by atoms with E-state index in [4.69, 9.17) is 16.6 Å². The first-order valence-electron chi connectivity index (χ1n) is 10.1. The predicted molar refractivity (Wildman–Crippen MR) is 135 cm³/mol. The number of halogens is 2. The van der Waals surface area contributed by atoms with Gasteiger partial charge in [-0.25, -0.2) is 9.98 Å². The Morgan fingerprint density at radius 1 is 1.24 bits per heavy atom. The maximum absolute atomic E-state index is 5.98. The molecule has 2 N–H and O–H groups in total. The molecule has 0 unspecified atom stereocenters. The average Bonchev–Trinajstić information content (AvgIpc) is 3.18. The second kappa shape index (κ2) is 12.7. The van der Waals surface area contributed by atoms with Gasteiger partial charge in [-0.05, 0) is 43.9 Å². The Morgan fingerprint density at radius 2 is 1.97 bits per heavy atom. The minimum Gasteiger partial charge on any atom is -0.357 e. The zero-order valence-electron chi connectivity index (χ0n) is 17.2. The van der Waals surface area contributed by atoms with E-state index in [2.05, 4.69) is 51.9 Å². The van der Waals surface area contributed by atoms with Gasteiger partial charge in [0.05, 0.1) is 17.2 Å². The molecule has 1 aliphatic heterocycles. The van der Waals surface area contributed by atoms with E-state index in [1.165, 1.54) is 10.6 Å². The van der Waals surface area contributed by atoms with Gasteiger partial charge in [0.2, 0.25) is 0 Å². The molecule has 0 saturated carbocycles. The van der Waals surface area contributed by atoms with Crippen molar-refractivity contribution in [3.8, 4) is 0 Å². The lowest BCUT2D eigenvalue weighted by atomic mass is 10.0. The van der Waals surface area contributed by atoms with Gasteiger partial charge in [0.1, 0.15) is 0 Å². The van der Waals surface area contributed by atoms with E-state index in [1.807, 2.05) is 12.1 Å². The van der Waals surface area contributed by atoms with Gasteiger partial charge in [-0.15, -0.1) is 35.3 Å². The fourth-order valence-electron chi connectivity index (χ4n) is 3.34. The quantitative estimate of drug-likeness (QED) is 0.300. The summed E-state index contributed by atoms with van der Waals surface area (Å²) in [6.45, 7) is 8.89. The minimum atomic E-state index is 0. The van der Waals surface area contributed by atoms with Crippen molar-refractivity contribution in [1.29, 1.82) is 0 Å². The molecule has 3 rings (SSSR count). The van der Waals surface area contributed by atoms with Gasteiger partial charge in [0.25, 0.3) is 0 Å². The monoisotopic (exact) mass is 547 g/mol. The summed E-state index contributed by atoms with van der Waals surface area (Å²) >= 11 is 7.70. The molecular formula is C21H31ClIN5S. The fourth-order valence-corrected chi connectivity index (χ4v) is 4.20. The summed E-state index contributed by atoms with van der Waals surface area (Å²) in [6, 6.07) is 8.63. The summed E-state index contributed by atoms with van der Waals surface area (Å²) in [5.74, 6) is 0.893. The molecule has 0 aliphatic carbocycles. The molecule has 2 aromatic rings. The number of nitrogens with one attached hydrogen (secondary N) is 2. The average molecular weight is 548 g/mol. The molecule has 160 valence electrons. The number of aliphatic imine (C=N–C) groups is 1. The summed E-state index contributed by atoms with van der Waals surface area (Å²) < 4.78 is 0. The first-order valence-corrected chi connectivity index (χ1v) is 11.4. The SMILES string of the molecule is CCNC(=NCc1csc(CC)n1)NC1CCN(Cc2ccc(Cl)cc2)CC1.I. The van der Waals surface area contributed by atoms with Crippen molar-refractivity contribution >= 4 is 52.9 Å². The van der Waals surface area contributed by atoms with Crippen LogP contribution in [0.4, 0.5) is 0 Å². The first kappa shape index (κ1) is 24.4. The molecule has 1 fully saturated rings. The fraction of sp³-hybridized carbons (Fsp3) is 0.524. The Hall–Kier alpha value is -0.900. The lowest BCUT2D eigenvalue weighted by molar-refractivity contribution is 0.198. The molecule has 2 heterocycles. The van der Waals surface area contributed by atoms with Crippen LogP contribution in [0.15, 0.2) is 34.6 Å². The van der Waals surface area contributed by atoms with Crippen molar-refractivity contribution < 1.29 is 0 Å². The zero-order valence-corrected chi connectivity index (χ0v) is 21.1. The normalized spacial score (nSPS) is 15.8. The molecule has 0 amide bonds. The van der Waals surface area contributed by atoms with Crippen LogP contribution in [0.3, 0.4) is 0 Å². The highest BCUT2D eigenvalue weighted by Gasteiger charge is 2.20. The number of aryl methyl sites for hydroxylation is 1. The third-order valence-electron chi connectivity index (χ3n) is 4.89. The van der Waals surface area contributed by atoms with E-state index in [1.54, 1.807) is 11.3 Å². The lowest BCUT2D eigenvalue weighted by Crippen LogP contribution is -2.48. The van der Waals surface area contributed by atoms with Gasteiger partial charge in [-0.3, -0.25) is 4.90 Å². The Labute approximate surface area is 200 Å². The van der Waals surface area contributed by atoms with Crippen LogP contribution in [0.2, 0.25) is 5.02 Å². The summed E-state index contributed by atoms with van der Waals surface area (Å²) in [7, 11) is 0. The van der Waals surface area contributed by atoms with Crippen molar-refractivity contribution in [2.45, 2.75) is 52.2 Å². The Kier molecular flexibility index (Phi) is 10.7. The molecule has 1 aromatic carbocycles. The number of guanidine groups is 1. The predicted octanol–water partition coefficient (Wildman–Crippen LogP) is 4.70. The van der Waals surface area contributed by atoms with E-state index >= 15 is 0 Å². The number of likely N-dealkylation sites (tertiary alicyclic amines) is 1. The largest absolute Gasteiger partial charge is 0.357 e. The second-order valence-electron chi connectivity index (χ2n) is 7.10. The van der Waals surface area contributed by atoms with E-state index < -0.39 is 0 Å². The summed E-state index contributed by atoms with van der Waals surface area (Å²) in [6.07, 6.45) is 3.23. The van der Waals surface area contributed by atoms with Crippen LogP contribution >= 0.6 is 46.9 Å². The zero-order chi connectivity index (χ0) is 19.8. The maximum atomic E-state index is 5.98. The standard InChI is InChI=1S/C21H30ClN5S.HI/c1-3-20-25-19(15-28-20)13-24-21(23-4-2)26-18-9-11-27(12-10-18)14-16-5-7-17(22)8-6-16;/h5-8,15,18H,3-4,9-14H2,1-2H3,(H2,23,24,26);1H. The van der Waals surface area contributed by atoms with Crippen LogP contribution in [0, 0.1) is 0 Å². The van der Waals surface area contributed by atoms with Crippen LogP contribution in [0.25, 0.3) is 0 Å². The van der Waals surface area contributed by atoms with E-state index in [9.17, 15) is 0 Å². The smallest absolute Gasteiger partial charge is 0.191 e. The second-order valence-corrected chi connectivity index (χ2v) is 8.48. The molecule has 0 bridgehead atoms. The molecule has 0 spiro atoms. The van der Waals surface area contributed by atoms with Crippen LogP contribution in [0.5, 0.6) is 0 Å². The van der Waals surface area contributed by atoms with Gasteiger partial charge >= 0.3 is 0 Å². The molecule has 1 aliphatic rings. The highest BCUT2D eigenvalue weighted by atomic mass is 127. The van der Waals surface area contributed by atoms with Gasteiger partial charge in [0.15, 0.2) is 5.96 Å². The molecule has 1 aromatic heterocycles. The number of thiazole rings is 1. The van der Waals surface area contributed by atoms with Gasteiger partial charge in [-0.1, -0.05) is 30.7 Å². The van der Waals surface area contributed by atoms with E-state index in [-0.39, 0.29) is 24.0 Å². The number of piperidine rings is 1. The van der Waals surface area contributed by atoms with Crippen LogP contribution < -0.4 is 10.6 Å². The number of benzene rings is 1. The topological polar surface area (TPSA) is 52.6 Å². The van der Waals surface area contributed by atoms with Crippen molar-refractivity contribution in [1.82, 2.24) is 20.5 Å². The van der Waals surface area contributed by atoms with Crippen molar-refractivity contribution in [2.75, 3.05) is 19.6 Å². The molecule has 5 nitrogen and oxygen atoms in total. The highest BCUT2D eigenvalue weighted by molar-refractivity contribution is 14.0. The van der Waals surface area contributed by atoms with Crippen LogP contribution in [-0.2, 0) is 19.5 Å². The molecule has 8 heteroatoms. The minimum absolute atomic E-state index is 0. The van der Waals surface area contributed by atoms with Crippen molar-refractivity contribution in [2.24, 2.45) is 4.99 Å². The van der Waals surface area contributed by atoms with Crippen LogP contribution in [-0.4, -0.2) is 41.5 Å². The summed E-state index contributed by atoms with van der Waals surface area (Å²) in [4.78, 5) is 11.8. The summed E-state index contributed by atoms with van der Waals surface area (Å²) in [5, 5.41) is 11.1. The number of rotatable bonds is 7. The lowest BCUT2D eigenvalue weighted by Gasteiger charge is -2.33.